The molecule has 1 atom stereocenters. The van der Waals surface area contributed by atoms with Crippen LogP contribution >= 0.6 is 0 Å². The van der Waals surface area contributed by atoms with Crippen LogP contribution in [0.15, 0.2) is 97.1 Å². The molecule has 0 bridgehead atoms. The number of nitrogens with one attached hydrogen (secondary N) is 1. The smallest absolute Gasteiger partial charge is 0.347 e. The van der Waals surface area contributed by atoms with Crippen LogP contribution in [0.25, 0.3) is 11.1 Å². The summed E-state index contributed by atoms with van der Waals surface area (Å²) in [7, 11) is 1.64. The number of esters is 1. The van der Waals surface area contributed by atoms with Crippen LogP contribution in [0, 0.1) is 0 Å². The van der Waals surface area contributed by atoms with Crippen LogP contribution in [0.1, 0.15) is 48.2 Å². The van der Waals surface area contributed by atoms with Crippen molar-refractivity contribution in [3.63, 3.8) is 0 Å². The summed E-state index contributed by atoms with van der Waals surface area (Å²) in [6.07, 6.45) is -0.410. The maximum Gasteiger partial charge on any atom is 0.347 e. The van der Waals surface area contributed by atoms with Gasteiger partial charge in [-0.05, 0) is 72.0 Å². The summed E-state index contributed by atoms with van der Waals surface area (Å²) in [6, 6.07) is 30.4. The summed E-state index contributed by atoms with van der Waals surface area (Å²) in [5, 5.41) is 2.89. The first-order chi connectivity index (χ1) is 20.9. The zero-order valence-corrected chi connectivity index (χ0v) is 25.2. The first-order valence-electron chi connectivity index (χ1n) is 14.5. The van der Waals surface area contributed by atoms with Gasteiger partial charge in [-0.2, -0.15) is 0 Å². The van der Waals surface area contributed by atoms with Crippen molar-refractivity contribution in [2.45, 2.75) is 39.2 Å². The third kappa shape index (κ3) is 8.85. The molecular weight excluding hydrogens is 542 g/mol. The van der Waals surface area contributed by atoms with Gasteiger partial charge >= 0.3 is 5.97 Å². The van der Waals surface area contributed by atoms with E-state index in [1.807, 2.05) is 84.9 Å². The molecule has 1 unspecified atom stereocenters. The second-order valence-electron chi connectivity index (χ2n) is 10.3. The molecule has 224 valence electrons. The van der Waals surface area contributed by atoms with Gasteiger partial charge in [0.2, 0.25) is 0 Å². The third-order valence-corrected chi connectivity index (χ3v) is 6.94. The van der Waals surface area contributed by atoms with E-state index in [-0.39, 0.29) is 12.5 Å². The number of amides is 1. The second-order valence-corrected chi connectivity index (χ2v) is 10.3. The number of methoxy groups -OCH3 is 1. The molecule has 0 saturated heterocycles. The number of hydrogen-bond donors (Lipinski definition) is 1. The van der Waals surface area contributed by atoms with Gasteiger partial charge in [0.15, 0.2) is 6.10 Å². The number of carbonyl (C=O) groups excluding carboxylic acids is 2. The third-order valence-electron chi connectivity index (χ3n) is 6.94. The number of para-hydroxylation sites is 1. The zero-order valence-electron chi connectivity index (χ0n) is 25.2. The molecule has 0 saturated carbocycles. The summed E-state index contributed by atoms with van der Waals surface area (Å²) >= 11 is 0. The minimum absolute atomic E-state index is 0.172. The van der Waals surface area contributed by atoms with Crippen molar-refractivity contribution < 1.29 is 28.5 Å². The Morgan fingerprint density at radius 3 is 2.14 bits per heavy atom. The van der Waals surface area contributed by atoms with E-state index in [1.165, 1.54) is 5.56 Å². The second kappa shape index (κ2) is 15.4. The molecule has 43 heavy (non-hydrogen) atoms. The first kappa shape index (κ1) is 31.2. The van der Waals surface area contributed by atoms with Gasteiger partial charge < -0.3 is 24.3 Å². The topological polar surface area (TPSA) is 83.1 Å². The Labute approximate surface area is 253 Å². The predicted molar refractivity (Wildman–Crippen MR) is 168 cm³/mol. The summed E-state index contributed by atoms with van der Waals surface area (Å²) in [4.78, 5) is 25.2. The minimum Gasteiger partial charge on any atom is -0.496 e. The monoisotopic (exact) mass is 581 g/mol. The quantitative estimate of drug-likeness (QED) is 0.130. The number of benzene rings is 4. The molecule has 0 aliphatic carbocycles. The van der Waals surface area contributed by atoms with Crippen molar-refractivity contribution in [2.24, 2.45) is 0 Å². The molecule has 4 aromatic rings. The Morgan fingerprint density at radius 1 is 0.814 bits per heavy atom. The van der Waals surface area contributed by atoms with Crippen LogP contribution in [0.3, 0.4) is 0 Å². The van der Waals surface area contributed by atoms with E-state index in [4.69, 9.17) is 18.9 Å². The molecule has 0 heterocycles. The van der Waals surface area contributed by atoms with E-state index in [1.54, 1.807) is 26.2 Å². The van der Waals surface area contributed by atoms with Crippen LogP contribution in [0.5, 0.6) is 17.2 Å². The summed E-state index contributed by atoms with van der Waals surface area (Å²) in [6.45, 7) is 6.98. The normalized spacial score (nSPS) is 11.5. The molecule has 4 rings (SSSR count). The number of ether oxygens (including phenoxy) is 4. The maximum absolute atomic E-state index is 12.6. The molecule has 0 fully saturated rings. The van der Waals surface area contributed by atoms with Crippen LogP contribution in [-0.2, 0) is 16.0 Å². The van der Waals surface area contributed by atoms with Crippen molar-refractivity contribution in [1.82, 2.24) is 5.32 Å². The average molecular weight is 582 g/mol. The van der Waals surface area contributed by atoms with Gasteiger partial charge in [0.25, 0.3) is 5.91 Å². The summed E-state index contributed by atoms with van der Waals surface area (Å²) in [5.74, 6) is 1.91. The van der Waals surface area contributed by atoms with Crippen LogP contribution in [0.4, 0.5) is 0 Å². The largest absolute Gasteiger partial charge is 0.496 e. The standard InChI is InChI=1S/C36H39NO6/c1-5-41-36(39)34(43-31-20-16-27(17-21-31)25(2)3)24-26-10-18-30(19-11-26)42-23-22-37-35(38)29-14-12-28(13-15-29)32-8-6-7-9-33(32)40-4/h6-21,25,34H,5,22-24H2,1-4H3,(H,37,38). The fraction of sp³-hybridized carbons (Fsp3) is 0.278. The number of rotatable bonds is 14. The molecule has 0 aliphatic heterocycles. The molecule has 4 aromatic carbocycles. The van der Waals surface area contributed by atoms with Gasteiger partial charge in [0.1, 0.15) is 23.9 Å². The lowest BCUT2D eigenvalue weighted by atomic mass is 10.0. The van der Waals surface area contributed by atoms with Gasteiger partial charge in [0, 0.05) is 17.5 Å². The highest BCUT2D eigenvalue weighted by atomic mass is 16.6. The molecular formula is C36H39NO6. The van der Waals surface area contributed by atoms with E-state index in [9.17, 15) is 9.59 Å². The lowest BCUT2D eigenvalue weighted by molar-refractivity contribution is -0.151. The molecule has 0 aromatic heterocycles. The lowest BCUT2D eigenvalue weighted by Gasteiger charge is -2.18. The number of hydrogen-bond acceptors (Lipinski definition) is 6. The number of carbonyl (C=O) groups is 2. The van der Waals surface area contributed by atoms with E-state index in [0.717, 1.165) is 22.4 Å². The Bertz CT molecular complexity index is 1460. The van der Waals surface area contributed by atoms with Gasteiger partial charge in [-0.3, -0.25) is 4.79 Å². The summed E-state index contributed by atoms with van der Waals surface area (Å²) in [5.41, 5.74) is 4.62. The highest BCUT2D eigenvalue weighted by Gasteiger charge is 2.23. The molecule has 1 N–H and O–H groups in total. The molecule has 7 nitrogen and oxygen atoms in total. The molecule has 0 aliphatic rings. The lowest BCUT2D eigenvalue weighted by Crippen LogP contribution is -2.31. The van der Waals surface area contributed by atoms with Gasteiger partial charge in [0.05, 0.1) is 20.3 Å². The fourth-order valence-corrected chi connectivity index (χ4v) is 4.56. The Hall–Kier alpha value is -4.78. The molecule has 7 heteroatoms. The van der Waals surface area contributed by atoms with Crippen molar-refractivity contribution in [3.05, 3.63) is 114 Å². The molecule has 1 amide bonds. The first-order valence-corrected chi connectivity index (χ1v) is 14.5. The fourth-order valence-electron chi connectivity index (χ4n) is 4.56. The Balaban J connectivity index is 1.26. The van der Waals surface area contributed by atoms with Gasteiger partial charge in [-0.25, -0.2) is 4.79 Å². The van der Waals surface area contributed by atoms with E-state index in [0.29, 0.717) is 42.6 Å². The van der Waals surface area contributed by atoms with Gasteiger partial charge in [-0.1, -0.05) is 68.4 Å². The predicted octanol–water partition coefficient (Wildman–Crippen LogP) is 6.85. The van der Waals surface area contributed by atoms with Crippen molar-refractivity contribution >= 4 is 11.9 Å². The Morgan fingerprint density at radius 2 is 1.49 bits per heavy atom. The minimum atomic E-state index is -0.768. The van der Waals surface area contributed by atoms with Gasteiger partial charge in [-0.15, -0.1) is 0 Å². The van der Waals surface area contributed by atoms with E-state index in [2.05, 4.69) is 19.2 Å². The zero-order chi connectivity index (χ0) is 30.6. The van der Waals surface area contributed by atoms with Crippen LogP contribution in [0.2, 0.25) is 0 Å². The van der Waals surface area contributed by atoms with Crippen molar-refractivity contribution in [3.8, 4) is 28.4 Å². The maximum atomic E-state index is 12.6. The average Bonchev–Trinajstić information content (AvgIpc) is 3.03. The van der Waals surface area contributed by atoms with Crippen LogP contribution < -0.4 is 19.5 Å². The summed E-state index contributed by atoms with van der Waals surface area (Å²) < 4.78 is 22.5. The Kier molecular flexibility index (Phi) is 11.2. The molecule has 0 radical (unpaired) electrons. The van der Waals surface area contributed by atoms with E-state index >= 15 is 0 Å². The van der Waals surface area contributed by atoms with Crippen molar-refractivity contribution in [1.29, 1.82) is 0 Å². The van der Waals surface area contributed by atoms with Crippen LogP contribution in [-0.4, -0.2) is 44.8 Å². The van der Waals surface area contributed by atoms with E-state index < -0.39 is 12.1 Å². The SMILES string of the molecule is CCOC(=O)C(Cc1ccc(OCCNC(=O)c2ccc(-c3ccccc3OC)cc2)cc1)Oc1ccc(C(C)C)cc1. The molecule has 0 spiro atoms. The highest BCUT2D eigenvalue weighted by Crippen LogP contribution is 2.29. The highest BCUT2D eigenvalue weighted by molar-refractivity contribution is 5.94. The van der Waals surface area contributed by atoms with Crippen molar-refractivity contribution in [2.75, 3.05) is 26.9 Å².